The summed E-state index contributed by atoms with van der Waals surface area (Å²) >= 11 is 1.71. The third-order valence-electron chi connectivity index (χ3n) is 3.40. The first kappa shape index (κ1) is 15.6. The van der Waals surface area contributed by atoms with E-state index in [2.05, 4.69) is 30.6 Å². The molecule has 0 saturated heterocycles. The zero-order valence-electron chi connectivity index (χ0n) is 12.9. The quantitative estimate of drug-likeness (QED) is 0.804. The second-order valence-electron chi connectivity index (χ2n) is 4.69. The number of thioether (sulfide) groups is 1. The van der Waals surface area contributed by atoms with Crippen molar-refractivity contribution in [2.45, 2.75) is 18.4 Å². The van der Waals surface area contributed by atoms with Gasteiger partial charge in [-0.3, -0.25) is 0 Å². The highest BCUT2D eigenvalue weighted by Gasteiger charge is 2.10. The molecule has 0 aromatic heterocycles. The molecule has 0 aliphatic heterocycles. The molecule has 112 valence electrons. The Morgan fingerprint density at radius 1 is 1.05 bits per heavy atom. The summed E-state index contributed by atoms with van der Waals surface area (Å²) in [6.07, 6.45) is 2.07. The average Bonchev–Trinajstić information content (AvgIpc) is 2.53. The Bertz CT molecular complexity index is 614. The molecule has 0 spiro atoms. The lowest BCUT2D eigenvalue weighted by Crippen LogP contribution is -2.03. The molecule has 2 aromatic carbocycles. The lowest BCUT2D eigenvalue weighted by molar-refractivity contribution is 0.353. The Kier molecular flexibility index (Phi) is 5.39. The first-order valence-corrected chi connectivity index (χ1v) is 8.00. The van der Waals surface area contributed by atoms with Crippen molar-refractivity contribution < 1.29 is 9.47 Å². The van der Waals surface area contributed by atoms with Gasteiger partial charge >= 0.3 is 0 Å². The third-order valence-corrected chi connectivity index (χ3v) is 4.22. The summed E-state index contributed by atoms with van der Waals surface area (Å²) in [4.78, 5) is 1.19. The number of aryl methyl sites for hydroxylation is 1. The maximum atomic E-state index is 5.39. The zero-order valence-corrected chi connectivity index (χ0v) is 13.7. The van der Waals surface area contributed by atoms with Crippen LogP contribution in [0.3, 0.4) is 0 Å². The number of para-hydroxylation sites is 1. The minimum atomic E-state index is 0.751. The Labute approximate surface area is 130 Å². The van der Waals surface area contributed by atoms with Crippen molar-refractivity contribution in [3.05, 3.63) is 47.5 Å². The monoisotopic (exact) mass is 303 g/mol. The number of hydrogen-bond donors (Lipinski definition) is 1. The number of ether oxygens (including phenoxy) is 2. The van der Waals surface area contributed by atoms with Crippen molar-refractivity contribution in [3.8, 4) is 11.5 Å². The van der Waals surface area contributed by atoms with E-state index in [0.717, 1.165) is 23.7 Å². The van der Waals surface area contributed by atoms with Crippen LogP contribution in [0.4, 0.5) is 5.69 Å². The molecule has 2 aromatic rings. The summed E-state index contributed by atoms with van der Waals surface area (Å²) in [6, 6.07) is 12.3. The molecule has 0 aliphatic rings. The van der Waals surface area contributed by atoms with E-state index in [9.17, 15) is 0 Å². The molecule has 2 rings (SSSR count). The van der Waals surface area contributed by atoms with Crippen LogP contribution in [0.15, 0.2) is 41.3 Å². The largest absolute Gasteiger partial charge is 0.493 e. The molecule has 1 N–H and O–H groups in total. The number of rotatable bonds is 6. The number of hydrogen-bond acceptors (Lipinski definition) is 4. The fourth-order valence-corrected chi connectivity index (χ4v) is 2.81. The van der Waals surface area contributed by atoms with Gasteiger partial charge in [0.25, 0.3) is 0 Å². The van der Waals surface area contributed by atoms with Gasteiger partial charge in [0.15, 0.2) is 11.5 Å². The van der Waals surface area contributed by atoms with Crippen molar-refractivity contribution in [2.24, 2.45) is 0 Å². The second kappa shape index (κ2) is 7.27. The van der Waals surface area contributed by atoms with E-state index in [-0.39, 0.29) is 0 Å². The molecule has 0 saturated carbocycles. The second-order valence-corrected chi connectivity index (χ2v) is 5.54. The lowest BCUT2D eigenvalue weighted by Gasteiger charge is -2.15. The van der Waals surface area contributed by atoms with E-state index in [1.165, 1.54) is 16.0 Å². The van der Waals surface area contributed by atoms with Crippen molar-refractivity contribution in [1.29, 1.82) is 0 Å². The van der Waals surface area contributed by atoms with Crippen molar-refractivity contribution in [2.75, 3.05) is 25.8 Å². The summed E-state index contributed by atoms with van der Waals surface area (Å²) in [5.74, 6) is 1.53. The van der Waals surface area contributed by atoms with Crippen LogP contribution in [0, 0.1) is 6.92 Å². The molecule has 0 heterocycles. The number of methoxy groups -OCH3 is 2. The van der Waals surface area contributed by atoms with Gasteiger partial charge in [-0.1, -0.05) is 18.2 Å². The van der Waals surface area contributed by atoms with Crippen molar-refractivity contribution >= 4 is 17.4 Å². The maximum absolute atomic E-state index is 5.39. The SMILES string of the molecule is COc1cc(CNc2ccccc2C)c(SC)cc1OC. The molecule has 0 radical (unpaired) electrons. The molecule has 0 aliphatic carbocycles. The highest BCUT2D eigenvalue weighted by molar-refractivity contribution is 7.98. The first-order valence-electron chi connectivity index (χ1n) is 6.78. The van der Waals surface area contributed by atoms with E-state index in [1.54, 1.807) is 26.0 Å². The summed E-state index contributed by atoms with van der Waals surface area (Å²) in [5, 5.41) is 3.48. The first-order chi connectivity index (χ1) is 10.2. The molecule has 0 fully saturated rings. The predicted molar refractivity (Wildman–Crippen MR) is 89.8 cm³/mol. The highest BCUT2D eigenvalue weighted by atomic mass is 32.2. The lowest BCUT2D eigenvalue weighted by atomic mass is 10.1. The van der Waals surface area contributed by atoms with Crippen LogP contribution >= 0.6 is 11.8 Å². The predicted octanol–water partition coefficient (Wildman–Crippen LogP) is 4.35. The van der Waals surface area contributed by atoms with Crippen LogP contribution in [0.1, 0.15) is 11.1 Å². The van der Waals surface area contributed by atoms with Gasteiger partial charge in [-0.2, -0.15) is 0 Å². The molecular weight excluding hydrogens is 282 g/mol. The van der Waals surface area contributed by atoms with Crippen LogP contribution in [0.2, 0.25) is 0 Å². The van der Waals surface area contributed by atoms with Crippen LogP contribution in [0.5, 0.6) is 11.5 Å². The topological polar surface area (TPSA) is 30.5 Å². The highest BCUT2D eigenvalue weighted by Crippen LogP contribution is 2.35. The van der Waals surface area contributed by atoms with E-state index < -0.39 is 0 Å². The molecule has 21 heavy (non-hydrogen) atoms. The average molecular weight is 303 g/mol. The fraction of sp³-hybridized carbons (Fsp3) is 0.294. The minimum absolute atomic E-state index is 0.751. The molecular formula is C17H21NO2S. The standard InChI is InChI=1S/C17H21NO2S/c1-12-7-5-6-8-14(12)18-11-13-9-15(19-2)16(20-3)10-17(13)21-4/h5-10,18H,11H2,1-4H3. The van der Waals surface area contributed by atoms with Gasteiger partial charge in [-0.15, -0.1) is 11.8 Å². The van der Waals surface area contributed by atoms with Crippen LogP contribution in [0.25, 0.3) is 0 Å². The molecule has 0 amide bonds. The normalized spacial score (nSPS) is 10.3. The Morgan fingerprint density at radius 2 is 1.71 bits per heavy atom. The maximum Gasteiger partial charge on any atom is 0.161 e. The van der Waals surface area contributed by atoms with Crippen LogP contribution < -0.4 is 14.8 Å². The summed E-state index contributed by atoms with van der Waals surface area (Å²) < 4.78 is 10.7. The van der Waals surface area contributed by atoms with Gasteiger partial charge in [0.1, 0.15) is 0 Å². The van der Waals surface area contributed by atoms with Gasteiger partial charge in [0.2, 0.25) is 0 Å². The van der Waals surface area contributed by atoms with Gasteiger partial charge in [0.05, 0.1) is 14.2 Å². The van der Waals surface area contributed by atoms with E-state index >= 15 is 0 Å². The molecule has 0 unspecified atom stereocenters. The van der Waals surface area contributed by atoms with Gasteiger partial charge < -0.3 is 14.8 Å². The molecule has 0 bridgehead atoms. The smallest absolute Gasteiger partial charge is 0.161 e. The number of anilines is 1. The molecule has 0 atom stereocenters. The zero-order chi connectivity index (χ0) is 15.2. The van der Waals surface area contributed by atoms with E-state index in [0.29, 0.717) is 0 Å². The number of nitrogens with one attached hydrogen (secondary N) is 1. The Hall–Kier alpha value is -1.81. The van der Waals surface area contributed by atoms with Crippen LogP contribution in [-0.4, -0.2) is 20.5 Å². The molecule has 3 nitrogen and oxygen atoms in total. The summed E-state index contributed by atoms with van der Waals surface area (Å²) in [6.45, 7) is 2.85. The van der Waals surface area contributed by atoms with Gasteiger partial charge in [-0.25, -0.2) is 0 Å². The van der Waals surface area contributed by atoms with E-state index in [4.69, 9.17) is 9.47 Å². The van der Waals surface area contributed by atoms with Gasteiger partial charge in [-0.05, 0) is 42.5 Å². The van der Waals surface area contributed by atoms with Crippen LogP contribution in [-0.2, 0) is 6.54 Å². The third kappa shape index (κ3) is 3.64. The van der Waals surface area contributed by atoms with Crippen molar-refractivity contribution in [3.63, 3.8) is 0 Å². The summed E-state index contributed by atoms with van der Waals surface area (Å²) in [5.41, 5.74) is 3.59. The minimum Gasteiger partial charge on any atom is -0.493 e. The Morgan fingerprint density at radius 3 is 2.33 bits per heavy atom. The molecule has 4 heteroatoms. The summed E-state index contributed by atoms with van der Waals surface area (Å²) in [7, 11) is 3.32. The van der Waals surface area contributed by atoms with Crippen molar-refractivity contribution in [1.82, 2.24) is 0 Å². The van der Waals surface area contributed by atoms with Gasteiger partial charge in [0, 0.05) is 17.1 Å². The Balaban J connectivity index is 2.25. The fourth-order valence-electron chi connectivity index (χ4n) is 2.19. The van der Waals surface area contributed by atoms with E-state index in [1.807, 2.05) is 24.3 Å². The number of benzene rings is 2.